The fraction of sp³-hybridized carbons (Fsp3) is 0.385. The van der Waals surface area contributed by atoms with Crippen molar-refractivity contribution in [3.8, 4) is 5.75 Å². The van der Waals surface area contributed by atoms with Crippen LogP contribution in [0.5, 0.6) is 5.75 Å². The number of benzene rings is 1. The van der Waals surface area contributed by atoms with Crippen LogP contribution in [0.25, 0.3) is 0 Å². The summed E-state index contributed by atoms with van der Waals surface area (Å²) in [7, 11) is 3.37. The molecular formula is C13H17N5O2. The molecule has 0 saturated carbocycles. The van der Waals surface area contributed by atoms with Gasteiger partial charge in [-0.3, -0.25) is 4.79 Å². The van der Waals surface area contributed by atoms with Gasteiger partial charge in [0.15, 0.2) is 0 Å². The molecule has 0 radical (unpaired) electrons. The van der Waals surface area contributed by atoms with E-state index >= 15 is 0 Å². The minimum absolute atomic E-state index is 0.0734. The molecule has 0 spiro atoms. The number of carbonyl (C=O) groups excluding carboxylic acids is 1. The standard InChI is InChI=1S/C13H17N5O2/c1-10(11-6-4-5-7-12(11)20-3)17(2)13(19)8-18-9-14-15-16-18/h4-7,9-10H,8H2,1-3H3/t10-/m0/s1. The monoisotopic (exact) mass is 275 g/mol. The maximum Gasteiger partial charge on any atom is 0.244 e. The summed E-state index contributed by atoms with van der Waals surface area (Å²) in [5.74, 6) is 0.692. The Balaban J connectivity index is 2.11. The Morgan fingerprint density at radius 2 is 2.20 bits per heavy atom. The smallest absolute Gasteiger partial charge is 0.244 e. The molecule has 7 nitrogen and oxygen atoms in total. The first-order valence-corrected chi connectivity index (χ1v) is 6.23. The van der Waals surface area contributed by atoms with Gasteiger partial charge in [-0.1, -0.05) is 18.2 Å². The topological polar surface area (TPSA) is 73.1 Å². The minimum Gasteiger partial charge on any atom is -0.496 e. The summed E-state index contributed by atoms with van der Waals surface area (Å²) in [6.07, 6.45) is 1.42. The van der Waals surface area contributed by atoms with E-state index in [0.29, 0.717) is 0 Å². The van der Waals surface area contributed by atoms with E-state index in [2.05, 4.69) is 15.5 Å². The first-order valence-electron chi connectivity index (χ1n) is 6.23. The highest BCUT2D eigenvalue weighted by Crippen LogP contribution is 2.28. The van der Waals surface area contributed by atoms with Crippen LogP contribution in [0.1, 0.15) is 18.5 Å². The van der Waals surface area contributed by atoms with Crippen LogP contribution < -0.4 is 4.74 Å². The molecule has 1 heterocycles. The summed E-state index contributed by atoms with van der Waals surface area (Å²) >= 11 is 0. The Bertz CT molecular complexity index is 570. The third kappa shape index (κ3) is 2.93. The van der Waals surface area contributed by atoms with E-state index in [4.69, 9.17) is 4.74 Å². The quantitative estimate of drug-likeness (QED) is 0.810. The third-order valence-electron chi connectivity index (χ3n) is 3.25. The summed E-state index contributed by atoms with van der Waals surface area (Å²) in [5.41, 5.74) is 0.961. The van der Waals surface area contributed by atoms with Crippen LogP contribution in [-0.4, -0.2) is 45.2 Å². The number of aromatic nitrogens is 4. The number of methoxy groups -OCH3 is 1. The molecule has 1 aromatic heterocycles. The highest BCUT2D eigenvalue weighted by Gasteiger charge is 2.20. The van der Waals surface area contributed by atoms with Crippen molar-refractivity contribution in [3.05, 3.63) is 36.2 Å². The molecule has 1 amide bonds. The van der Waals surface area contributed by atoms with Gasteiger partial charge in [-0.2, -0.15) is 0 Å². The molecule has 1 aromatic carbocycles. The number of amides is 1. The summed E-state index contributed by atoms with van der Waals surface area (Å²) in [4.78, 5) is 13.8. The summed E-state index contributed by atoms with van der Waals surface area (Å²) in [5, 5.41) is 10.7. The van der Waals surface area contributed by atoms with Crippen LogP contribution in [-0.2, 0) is 11.3 Å². The highest BCUT2D eigenvalue weighted by molar-refractivity contribution is 5.76. The number of hydrogen-bond donors (Lipinski definition) is 0. The number of rotatable bonds is 5. The van der Waals surface area contributed by atoms with Crippen LogP contribution in [0.2, 0.25) is 0 Å². The average Bonchev–Trinajstić information content (AvgIpc) is 2.98. The van der Waals surface area contributed by atoms with E-state index in [0.717, 1.165) is 11.3 Å². The van der Waals surface area contributed by atoms with Gasteiger partial charge in [0.25, 0.3) is 0 Å². The van der Waals surface area contributed by atoms with E-state index in [1.165, 1.54) is 11.0 Å². The Hall–Kier alpha value is -2.44. The number of nitrogens with zero attached hydrogens (tertiary/aromatic N) is 5. The SMILES string of the molecule is COc1ccccc1[C@H](C)N(C)C(=O)Cn1cnnn1. The second-order valence-corrected chi connectivity index (χ2v) is 4.43. The number of ether oxygens (including phenoxy) is 1. The van der Waals surface area contributed by atoms with Crippen molar-refractivity contribution in [3.63, 3.8) is 0 Å². The number of hydrogen-bond acceptors (Lipinski definition) is 5. The van der Waals surface area contributed by atoms with Crippen molar-refractivity contribution < 1.29 is 9.53 Å². The molecule has 0 bridgehead atoms. The number of likely N-dealkylation sites (N-methyl/N-ethyl adjacent to an activating group) is 1. The fourth-order valence-electron chi connectivity index (χ4n) is 1.94. The molecule has 0 aliphatic carbocycles. The Morgan fingerprint density at radius 1 is 1.45 bits per heavy atom. The molecule has 0 unspecified atom stereocenters. The number of carbonyl (C=O) groups is 1. The molecule has 0 fully saturated rings. The molecule has 0 N–H and O–H groups in total. The molecule has 0 saturated heterocycles. The Kier molecular flexibility index (Phi) is 4.29. The van der Waals surface area contributed by atoms with Crippen LogP contribution in [0.3, 0.4) is 0 Å². The third-order valence-corrected chi connectivity index (χ3v) is 3.25. The lowest BCUT2D eigenvalue weighted by Gasteiger charge is -2.26. The zero-order valence-electron chi connectivity index (χ0n) is 11.7. The van der Waals surface area contributed by atoms with E-state index in [-0.39, 0.29) is 18.5 Å². The van der Waals surface area contributed by atoms with E-state index in [9.17, 15) is 4.79 Å². The average molecular weight is 275 g/mol. The van der Waals surface area contributed by atoms with E-state index in [1.54, 1.807) is 19.1 Å². The molecular weight excluding hydrogens is 258 g/mol. The molecule has 0 aliphatic heterocycles. The van der Waals surface area contributed by atoms with Gasteiger partial charge in [0.1, 0.15) is 18.6 Å². The lowest BCUT2D eigenvalue weighted by molar-refractivity contribution is -0.132. The highest BCUT2D eigenvalue weighted by atomic mass is 16.5. The Labute approximate surface area is 117 Å². The second kappa shape index (κ2) is 6.14. The lowest BCUT2D eigenvalue weighted by Crippen LogP contribution is -2.33. The first kappa shape index (κ1) is 14.0. The zero-order valence-corrected chi connectivity index (χ0v) is 11.7. The van der Waals surface area contributed by atoms with Crippen molar-refractivity contribution in [2.75, 3.05) is 14.2 Å². The lowest BCUT2D eigenvalue weighted by atomic mass is 10.1. The maximum atomic E-state index is 12.2. The van der Waals surface area contributed by atoms with E-state index in [1.807, 2.05) is 31.2 Å². The maximum absolute atomic E-state index is 12.2. The van der Waals surface area contributed by atoms with Gasteiger partial charge in [0.2, 0.25) is 5.91 Å². The van der Waals surface area contributed by atoms with Crippen LogP contribution in [0.4, 0.5) is 0 Å². The van der Waals surface area contributed by atoms with Crippen molar-refractivity contribution in [1.82, 2.24) is 25.1 Å². The van der Waals surface area contributed by atoms with Gasteiger partial charge < -0.3 is 9.64 Å². The molecule has 7 heteroatoms. The predicted octanol–water partition coefficient (Wildman–Crippen LogP) is 0.901. The van der Waals surface area contributed by atoms with Crippen molar-refractivity contribution in [2.45, 2.75) is 19.5 Å². The van der Waals surface area contributed by atoms with Gasteiger partial charge in [-0.25, -0.2) is 4.68 Å². The largest absolute Gasteiger partial charge is 0.496 e. The summed E-state index contributed by atoms with van der Waals surface area (Å²) in [6, 6.07) is 7.55. The predicted molar refractivity (Wildman–Crippen MR) is 72.0 cm³/mol. The molecule has 2 aromatic rings. The van der Waals surface area contributed by atoms with Crippen LogP contribution in [0, 0.1) is 0 Å². The van der Waals surface area contributed by atoms with Gasteiger partial charge in [0.05, 0.1) is 13.2 Å². The first-order chi connectivity index (χ1) is 9.63. The van der Waals surface area contributed by atoms with Crippen molar-refractivity contribution in [1.29, 1.82) is 0 Å². The van der Waals surface area contributed by atoms with Gasteiger partial charge in [-0.05, 0) is 23.4 Å². The number of para-hydroxylation sites is 1. The summed E-state index contributed by atoms with van der Waals surface area (Å²) in [6.45, 7) is 2.07. The molecule has 106 valence electrons. The van der Waals surface area contributed by atoms with E-state index < -0.39 is 0 Å². The van der Waals surface area contributed by atoms with Gasteiger partial charge in [0, 0.05) is 12.6 Å². The molecule has 2 rings (SSSR count). The van der Waals surface area contributed by atoms with Crippen molar-refractivity contribution in [2.24, 2.45) is 0 Å². The van der Waals surface area contributed by atoms with Crippen molar-refractivity contribution >= 4 is 5.91 Å². The fourth-order valence-corrected chi connectivity index (χ4v) is 1.94. The van der Waals surface area contributed by atoms with Crippen LogP contribution in [0.15, 0.2) is 30.6 Å². The van der Waals surface area contributed by atoms with Gasteiger partial charge >= 0.3 is 0 Å². The van der Waals surface area contributed by atoms with Gasteiger partial charge in [-0.15, -0.1) is 5.10 Å². The Morgan fingerprint density at radius 3 is 2.85 bits per heavy atom. The summed E-state index contributed by atoms with van der Waals surface area (Å²) < 4.78 is 6.72. The molecule has 0 aliphatic rings. The van der Waals surface area contributed by atoms with Crippen LogP contribution >= 0.6 is 0 Å². The normalized spacial score (nSPS) is 11.9. The zero-order chi connectivity index (χ0) is 14.5. The minimum atomic E-state index is -0.102. The molecule has 20 heavy (non-hydrogen) atoms. The number of tetrazole rings is 1. The second-order valence-electron chi connectivity index (χ2n) is 4.43. The molecule has 1 atom stereocenters.